The molecule has 1 atom stereocenters. The summed E-state index contributed by atoms with van der Waals surface area (Å²) in [5, 5.41) is 9.76. The van der Waals surface area contributed by atoms with Crippen molar-refractivity contribution in [3.8, 4) is 0 Å². The minimum absolute atomic E-state index is 0.317. The van der Waals surface area contributed by atoms with Crippen LogP contribution in [0.15, 0.2) is 23.7 Å². The van der Waals surface area contributed by atoms with Crippen LogP contribution in [0.3, 0.4) is 0 Å². The van der Waals surface area contributed by atoms with Gasteiger partial charge in [-0.1, -0.05) is 12.1 Å². The molecule has 0 bridgehead atoms. The van der Waals surface area contributed by atoms with E-state index in [-0.39, 0.29) is 5.82 Å². The van der Waals surface area contributed by atoms with Crippen LogP contribution in [-0.2, 0) is 6.54 Å². The molecule has 0 amide bonds. The third-order valence-electron chi connectivity index (χ3n) is 3.08. The minimum Gasteiger partial charge on any atom is -0.389 e. The van der Waals surface area contributed by atoms with Gasteiger partial charge in [-0.25, -0.2) is 9.37 Å². The van der Waals surface area contributed by atoms with Gasteiger partial charge in [0, 0.05) is 17.5 Å². The maximum Gasteiger partial charge on any atom is 0.146 e. The van der Waals surface area contributed by atoms with Crippen molar-refractivity contribution in [2.24, 2.45) is 0 Å². The highest BCUT2D eigenvalue weighted by molar-refractivity contribution is 7.09. The summed E-state index contributed by atoms with van der Waals surface area (Å²) in [6.45, 7) is 4.16. The van der Waals surface area contributed by atoms with E-state index in [4.69, 9.17) is 0 Å². The van der Waals surface area contributed by atoms with Crippen molar-refractivity contribution in [1.29, 1.82) is 0 Å². The molecule has 0 radical (unpaired) electrons. The lowest BCUT2D eigenvalue weighted by Crippen LogP contribution is -2.20. The molecule has 1 heterocycles. The smallest absolute Gasteiger partial charge is 0.146 e. The normalized spacial score (nSPS) is 12.5. The SMILES string of the molecule is Cc1ncsc1CN(C)c1c(F)cccc1C(C)O. The number of anilines is 1. The second-order valence-corrected chi connectivity index (χ2v) is 5.51. The zero-order chi connectivity index (χ0) is 14.0. The highest BCUT2D eigenvalue weighted by atomic mass is 32.1. The number of nitrogens with zero attached hydrogens (tertiary/aromatic N) is 2. The van der Waals surface area contributed by atoms with Gasteiger partial charge in [-0.15, -0.1) is 11.3 Å². The molecule has 19 heavy (non-hydrogen) atoms. The molecule has 1 N–H and O–H groups in total. The quantitative estimate of drug-likeness (QED) is 0.933. The first-order valence-electron chi connectivity index (χ1n) is 6.07. The summed E-state index contributed by atoms with van der Waals surface area (Å²) in [5.41, 5.74) is 3.80. The van der Waals surface area contributed by atoms with E-state index in [1.807, 2.05) is 18.9 Å². The maximum atomic E-state index is 14.0. The number of hydrogen-bond donors (Lipinski definition) is 1. The number of benzene rings is 1. The fraction of sp³-hybridized carbons (Fsp3) is 0.357. The van der Waals surface area contributed by atoms with Crippen molar-refractivity contribution < 1.29 is 9.50 Å². The van der Waals surface area contributed by atoms with Gasteiger partial charge in [0.1, 0.15) is 5.82 Å². The van der Waals surface area contributed by atoms with E-state index in [9.17, 15) is 9.50 Å². The molecular weight excluding hydrogens is 263 g/mol. The summed E-state index contributed by atoms with van der Waals surface area (Å²) in [7, 11) is 1.82. The van der Waals surface area contributed by atoms with Crippen LogP contribution >= 0.6 is 11.3 Å². The Balaban J connectivity index is 2.33. The summed E-state index contributed by atoms with van der Waals surface area (Å²) in [6.07, 6.45) is -0.698. The van der Waals surface area contributed by atoms with Crippen LogP contribution in [0, 0.1) is 12.7 Å². The van der Waals surface area contributed by atoms with Crippen molar-refractivity contribution >= 4 is 17.0 Å². The average molecular weight is 280 g/mol. The lowest BCUT2D eigenvalue weighted by Gasteiger charge is -2.23. The van der Waals surface area contributed by atoms with Crippen LogP contribution in [0.4, 0.5) is 10.1 Å². The van der Waals surface area contributed by atoms with Gasteiger partial charge < -0.3 is 10.0 Å². The highest BCUT2D eigenvalue weighted by Gasteiger charge is 2.17. The Morgan fingerprint density at radius 2 is 2.21 bits per heavy atom. The molecule has 0 saturated heterocycles. The van der Waals surface area contributed by atoms with Gasteiger partial charge in [-0.3, -0.25) is 0 Å². The van der Waals surface area contributed by atoms with Gasteiger partial charge in [0.25, 0.3) is 0 Å². The van der Waals surface area contributed by atoms with E-state index in [1.165, 1.54) is 6.07 Å². The summed E-state index contributed by atoms with van der Waals surface area (Å²) < 4.78 is 14.0. The van der Waals surface area contributed by atoms with Crippen molar-refractivity contribution in [3.63, 3.8) is 0 Å². The van der Waals surface area contributed by atoms with E-state index < -0.39 is 6.10 Å². The van der Waals surface area contributed by atoms with Gasteiger partial charge in [-0.2, -0.15) is 0 Å². The van der Waals surface area contributed by atoms with Crippen LogP contribution in [0.5, 0.6) is 0 Å². The number of thiazole rings is 1. The number of hydrogen-bond acceptors (Lipinski definition) is 4. The first-order valence-corrected chi connectivity index (χ1v) is 6.95. The molecule has 3 nitrogen and oxygen atoms in total. The molecule has 0 spiro atoms. The topological polar surface area (TPSA) is 36.4 Å². The summed E-state index contributed by atoms with van der Waals surface area (Å²) >= 11 is 1.55. The summed E-state index contributed by atoms with van der Waals surface area (Å²) in [5.74, 6) is -0.317. The van der Waals surface area contributed by atoms with Crippen molar-refractivity contribution in [2.45, 2.75) is 26.5 Å². The van der Waals surface area contributed by atoms with Gasteiger partial charge >= 0.3 is 0 Å². The largest absolute Gasteiger partial charge is 0.389 e. The zero-order valence-corrected chi connectivity index (χ0v) is 12.0. The number of para-hydroxylation sites is 1. The number of halogens is 1. The molecule has 102 valence electrons. The highest BCUT2D eigenvalue weighted by Crippen LogP contribution is 2.30. The zero-order valence-electron chi connectivity index (χ0n) is 11.2. The molecule has 0 aliphatic rings. The van der Waals surface area contributed by atoms with Crippen LogP contribution in [0.2, 0.25) is 0 Å². The van der Waals surface area contributed by atoms with E-state index in [0.29, 0.717) is 17.8 Å². The predicted octanol–water partition coefficient (Wildman–Crippen LogP) is 3.28. The van der Waals surface area contributed by atoms with Gasteiger partial charge in [0.05, 0.1) is 29.5 Å². The number of aliphatic hydroxyl groups is 1. The molecule has 2 rings (SSSR count). The first-order chi connectivity index (χ1) is 9.00. The number of rotatable bonds is 4. The lowest BCUT2D eigenvalue weighted by molar-refractivity contribution is 0.199. The van der Waals surface area contributed by atoms with E-state index in [1.54, 1.807) is 35.9 Å². The Kier molecular flexibility index (Phi) is 4.17. The van der Waals surface area contributed by atoms with E-state index >= 15 is 0 Å². The summed E-state index contributed by atoms with van der Waals surface area (Å²) in [6, 6.07) is 4.78. The van der Waals surface area contributed by atoms with Gasteiger partial charge in [0.2, 0.25) is 0 Å². The van der Waals surface area contributed by atoms with Crippen LogP contribution < -0.4 is 4.90 Å². The lowest BCUT2D eigenvalue weighted by atomic mass is 10.1. The molecule has 1 aromatic carbocycles. The standard InChI is InChI=1S/C14H17FN2OS/c1-9-13(19-8-16-9)7-17(3)14-11(10(2)18)5-4-6-12(14)15/h4-6,8,10,18H,7H2,1-3H3. The molecule has 0 saturated carbocycles. The fourth-order valence-corrected chi connectivity index (χ4v) is 2.87. The third kappa shape index (κ3) is 2.93. The van der Waals surface area contributed by atoms with Crippen LogP contribution in [0.25, 0.3) is 0 Å². The molecule has 0 fully saturated rings. The van der Waals surface area contributed by atoms with Gasteiger partial charge in [-0.05, 0) is 19.9 Å². The molecule has 0 aliphatic carbocycles. The molecule has 2 aromatic rings. The Labute approximate surface area is 116 Å². The minimum atomic E-state index is -0.698. The van der Waals surface area contributed by atoms with Crippen LogP contribution in [-0.4, -0.2) is 17.1 Å². The maximum absolute atomic E-state index is 14.0. The predicted molar refractivity (Wildman–Crippen MR) is 76.0 cm³/mol. The molecule has 5 heteroatoms. The number of aromatic nitrogens is 1. The molecule has 0 aliphatic heterocycles. The molecule has 1 aromatic heterocycles. The summed E-state index contributed by atoms with van der Waals surface area (Å²) in [4.78, 5) is 7.11. The van der Waals surface area contributed by atoms with Crippen molar-refractivity contribution in [2.75, 3.05) is 11.9 Å². The first kappa shape index (κ1) is 14.0. The fourth-order valence-electron chi connectivity index (χ4n) is 2.04. The van der Waals surface area contributed by atoms with Crippen LogP contribution in [0.1, 0.15) is 29.2 Å². The second-order valence-electron chi connectivity index (χ2n) is 4.57. The molecule has 1 unspecified atom stereocenters. The number of aliphatic hydroxyl groups excluding tert-OH is 1. The van der Waals surface area contributed by atoms with E-state index in [0.717, 1.165) is 10.6 Å². The Bertz CT molecular complexity index is 568. The van der Waals surface area contributed by atoms with Crippen molar-refractivity contribution in [1.82, 2.24) is 4.98 Å². The third-order valence-corrected chi connectivity index (χ3v) is 4.00. The van der Waals surface area contributed by atoms with Crippen molar-refractivity contribution in [3.05, 3.63) is 45.7 Å². The monoisotopic (exact) mass is 280 g/mol. The average Bonchev–Trinajstić information content (AvgIpc) is 2.74. The molecular formula is C14H17FN2OS. The Morgan fingerprint density at radius 3 is 2.79 bits per heavy atom. The van der Waals surface area contributed by atoms with Gasteiger partial charge in [0.15, 0.2) is 0 Å². The second kappa shape index (κ2) is 5.67. The van der Waals surface area contributed by atoms with E-state index in [2.05, 4.69) is 4.98 Å². The Hall–Kier alpha value is -1.46. The number of aryl methyl sites for hydroxylation is 1. The Morgan fingerprint density at radius 1 is 1.47 bits per heavy atom.